The first kappa shape index (κ1) is 18.9. The lowest BCUT2D eigenvalue weighted by atomic mass is 10.2. The highest BCUT2D eigenvalue weighted by Gasteiger charge is 2.15. The van der Waals surface area contributed by atoms with Crippen molar-refractivity contribution in [1.82, 2.24) is 0 Å². The van der Waals surface area contributed by atoms with Gasteiger partial charge in [0.25, 0.3) is 0 Å². The van der Waals surface area contributed by atoms with Gasteiger partial charge in [-0.3, -0.25) is 9.18 Å². The van der Waals surface area contributed by atoms with Crippen LogP contribution < -0.4 is 15.7 Å². The number of nitrogens with one attached hydrogen (secondary N) is 1. The van der Waals surface area contributed by atoms with Gasteiger partial charge in [0.1, 0.15) is 6.61 Å². The summed E-state index contributed by atoms with van der Waals surface area (Å²) < 4.78 is 24.5. The molecule has 0 aromatic carbocycles. The molecule has 0 amide bonds. The number of ether oxygens (including phenoxy) is 2. The van der Waals surface area contributed by atoms with Gasteiger partial charge in [-0.2, -0.15) is 0 Å². The van der Waals surface area contributed by atoms with Crippen LogP contribution in [0.2, 0.25) is 0 Å². The van der Waals surface area contributed by atoms with Crippen LogP contribution in [0.5, 0.6) is 5.75 Å². The fourth-order valence-corrected chi connectivity index (χ4v) is 1.34. The Balaban J connectivity index is 0.00000191. The molecule has 1 rings (SSSR count). The highest BCUT2D eigenvalue weighted by molar-refractivity contribution is 5.92. The molecule has 0 aliphatic heterocycles. The summed E-state index contributed by atoms with van der Waals surface area (Å²) in [4.78, 5) is 23.1. The molecule has 118 valence electrons. The quantitative estimate of drug-likeness (QED) is 0.615. The molecule has 1 N–H and O–H groups in total. The maximum absolute atomic E-state index is 11.8. The zero-order valence-corrected chi connectivity index (χ0v) is 12.6. The van der Waals surface area contributed by atoms with Gasteiger partial charge in [-0.05, 0) is 6.92 Å². The number of hydrogen-bond donors (Lipinski definition) is 1. The maximum Gasteiger partial charge on any atom is 0.381 e. The third-order valence-corrected chi connectivity index (χ3v) is 2.14. The van der Waals surface area contributed by atoms with Crippen molar-refractivity contribution in [3.05, 3.63) is 34.5 Å². The Bertz CT molecular complexity index is 539. The number of methoxy groups -OCH3 is 1. The van der Waals surface area contributed by atoms with Gasteiger partial charge >= 0.3 is 5.63 Å². The molecule has 21 heavy (non-hydrogen) atoms. The van der Waals surface area contributed by atoms with Crippen LogP contribution in [0, 0.1) is 0 Å². The zero-order valence-electron chi connectivity index (χ0n) is 12.6. The van der Waals surface area contributed by atoms with Crippen molar-refractivity contribution in [2.45, 2.75) is 13.8 Å². The number of carbonyl (C=O) groups excluding carboxylic acids is 1. The number of allylic oxidation sites excluding steroid dienone is 1. The van der Waals surface area contributed by atoms with E-state index in [-0.39, 0.29) is 23.9 Å². The normalized spacial score (nSPS) is 9.38. The molecule has 0 fully saturated rings. The van der Waals surface area contributed by atoms with E-state index in [1.165, 1.54) is 20.1 Å². The molecule has 1 aromatic heterocycles. The van der Waals surface area contributed by atoms with Gasteiger partial charge in [-0.25, -0.2) is 4.79 Å². The van der Waals surface area contributed by atoms with Gasteiger partial charge in [-0.1, -0.05) is 6.58 Å². The Morgan fingerprint density at radius 1 is 1.38 bits per heavy atom. The molecule has 1 aromatic rings. The molecule has 0 radical (unpaired) electrons. The van der Waals surface area contributed by atoms with Crippen LogP contribution in [0.15, 0.2) is 27.6 Å². The smallest absolute Gasteiger partial charge is 0.381 e. The van der Waals surface area contributed by atoms with Gasteiger partial charge in [0.2, 0.25) is 5.75 Å². The Morgan fingerprint density at radius 3 is 2.48 bits per heavy atom. The van der Waals surface area contributed by atoms with Crippen LogP contribution in [-0.2, 0) is 4.74 Å². The summed E-state index contributed by atoms with van der Waals surface area (Å²) in [6.07, 6.45) is 0. The summed E-state index contributed by atoms with van der Waals surface area (Å²) in [5, 5.41) is 2.86. The molecule has 0 bridgehead atoms. The SMILES string of the molecule is C=C(C)Nc1cc(C(C)=O)oc(=O)c1OCCOC.CF. The molecule has 0 spiro atoms. The van der Waals surface area contributed by atoms with Crippen LogP contribution in [0.3, 0.4) is 0 Å². The molecule has 0 saturated heterocycles. The fraction of sp³-hybridized carbons (Fsp3) is 0.429. The van der Waals surface area contributed by atoms with Crippen molar-refractivity contribution in [1.29, 1.82) is 0 Å². The van der Waals surface area contributed by atoms with Crippen LogP contribution in [0.1, 0.15) is 24.4 Å². The third-order valence-electron chi connectivity index (χ3n) is 2.14. The highest BCUT2D eigenvalue weighted by atomic mass is 19.1. The van der Waals surface area contributed by atoms with Crippen LogP contribution in [-0.4, -0.2) is 33.3 Å². The summed E-state index contributed by atoms with van der Waals surface area (Å²) in [7, 11) is 2.03. The van der Waals surface area contributed by atoms with E-state index < -0.39 is 5.63 Å². The van der Waals surface area contributed by atoms with Crippen molar-refractivity contribution in [3.8, 4) is 5.75 Å². The van der Waals surface area contributed by atoms with E-state index in [0.717, 1.165) is 0 Å². The topological polar surface area (TPSA) is 77.8 Å². The summed E-state index contributed by atoms with van der Waals surface area (Å²) in [6, 6.07) is 1.42. The summed E-state index contributed by atoms with van der Waals surface area (Å²) in [6.45, 7) is 7.25. The Labute approximate surface area is 122 Å². The summed E-state index contributed by atoms with van der Waals surface area (Å²) in [5.74, 6) is -0.372. The standard InChI is InChI=1S/C13H17NO5.CH3F/c1-8(2)14-10-7-11(9(3)15)19-13(16)12(10)18-6-5-17-4;1-2/h7,14H,1,5-6H2,2-4H3;1H3. The number of anilines is 1. The van der Waals surface area contributed by atoms with E-state index in [9.17, 15) is 14.0 Å². The second kappa shape index (κ2) is 9.71. The minimum atomic E-state index is -0.715. The average Bonchev–Trinajstić information content (AvgIpc) is 2.43. The number of Topliss-reactive ketones (excluding diaryl/α,β-unsaturated/α-hetero) is 1. The molecule has 0 aliphatic rings. The van der Waals surface area contributed by atoms with E-state index in [1.807, 2.05) is 0 Å². The predicted octanol–water partition coefficient (Wildman–Crippen LogP) is 2.40. The lowest BCUT2D eigenvalue weighted by Gasteiger charge is -2.12. The number of carbonyl (C=O) groups is 1. The van der Waals surface area contributed by atoms with Crippen molar-refractivity contribution in [2.75, 3.05) is 32.8 Å². The van der Waals surface area contributed by atoms with E-state index in [4.69, 9.17) is 13.9 Å². The van der Waals surface area contributed by atoms with Gasteiger partial charge in [0, 0.05) is 25.8 Å². The van der Waals surface area contributed by atoms with E-state index in [1.54, 1.807) is 6.92 Å². The van der Waals surface area contributed by atoms with Crippen molar-refractivity contribution in [2.24, 2.45) is 0 Å². The monoisotopic (exact) mass is 301 g/mol. The third kappa shape index (κ3) is 6.22. The number of hydrogen-bond acceptors (Lipinski definition) is 6. The average molecular weight is 301 g/mol. The molecule has 0 unspecified atom stereocenters. The predicted molar refractivity (Wildman–Crippen MR) is 77.8 cm³/mol. The first-order valence-electron chi connectivity index (χ1n) is 6.07. The number of rotatable bonds is 7. The van der Waals surface area contributed by atoms with Crippen LogP contribution in [0.25, 0.3) is 0 Å². The van der Waals surface area contributed by atoms with E-state index in [2.05, 4.69) is 11.9 Å². The first-order valence-corrected chi connectivity index (χ1v) is 6.07. The minimum absolute atomic E-state index is 0.00468. The van der Waals surface area contributed by atoms with E-state index >= 15 is 0 Å². The second-order valence-corrected chi connectivity index (χ2v) is 3.94. The molecule has 0 saturated carbocycles. The molecule has 1 heterocycles. The number of alkyl halides is 1. The van der Waals surface area contributed by atoms with Crippen molar-refractivity contribution >= 4 is 11.5 Å². The van der Waals surface area contributed by atoms with E-state index in [0.29, 0.717) is 25.2 Å². The largest absolute Gasteiger partial charge is 0.483 e. The van der Waals surface area contributed by atoms with Crippen LogP contribution in [0.4, 0.5) is 10.1 Å². The number of ketones is 1. The Kier molecular flexibility index (Phi) is 8.71. The molecular formula is C14H20FNO5. The molecular weight excluding hydrogens is 281 g/mol. The molecule has 7 heteroatoms. The summed E-state index contributed by atoms with van der Waals surface area (Å²) in [5.41, 5.74) is 0.245. The Morgan fingerprint density at radius 2 is 2.00 bits per heavy atom. The van der Waals surface area contributed by atoms with Gasteiger partial charge in [0.05, 0.1) is 19.5 Å². The van der Waals surface area contributed by atoms with Crippen molar-refractivity contribution < 1.29 is 23.1 Å². The highest BCUT2D eigenvalue weighted by Crippen LogP contribution is 2.23. The molecule has 6 nitrogen and oxygen atoms in total. The first-order chi connectivity index (χ1) is 9.95. The van der Waals surface area contributed by atoms with Gasteiger partial charge in [0.15, 0.2) is 11.5 Å². The lowest BCUT2D eigenvalue weighted by molar-refractivity contribution is 0.0980. The van der Waals surface area contributed by atoms with Crippen molar-refractivity contribution in [3.63, 3.8) is 0 Å². The zero-order chi connectivity index (χ0) is 16.4. The summed E-state index contributed by atoms with van der Waals surface area (Å²) >= 11 is 0. The minimum Gasteiger partial charge on any atom is -0.483 e. The van der Waals surface area contributed by atoms with Crippen LogP contribution >= 0.6 is 0 Å². The number of halogens is 1. The van der Waals surface area contributed by atoms with Gasteiger partial charge in [-0.15, -0.1) is 0 Å². The Hall–Kier alpha value is -2.15. The lowest BCUT2D eigenvalue weighted by Crippen LogP contribution is -2.15. The maximum atomic E-state index is 11.8. The fourth-order valence-electron chi connectivity index (χ4n) is 1.34. The molecule has 0 aliphatic carbocycles. The van der Waals surface area contributed by atoms with Gasteiger partial charge < -0.3 is 19.2 Å². The second-order valence-electron chi connectivity index (χ2n) is 3.94. The molecule has 0 atom stereocenters.